The van der Waals surface area contributed by atoms with Crippen LogP contribution in [0.15, 0.2) is 0 Å². The number of carbonyl (C=O) groups is 1. The molecule has 0 aliphatic heterocycles. The number of unbranched alkanes of at least 4 members (excludes halogenated alkanes) is 4. The van der Waals surface area contributed by atoms with Gasteiger partial charge in [0.25, 0.3) is 16.1 Å². The molecule has 100 valence electrons. The predicted molar refractivity (Wildman–Crippen MR) is 63.5 cm³/mol. The average molecular weight is 257 g/mol. The highest BCUT2D eigenvalue weighted by molar-refractivity contribution is 7.85. The third-order valence-corrected chi connectivity index (χ3v) is 2.31. The zero-order valence-electron chi connectivity index (χ0n) is 9.98. The second-order valence-electron chi connectivity index (χ2n) is 3.22. The van der Waals surface area contributed by atoms with Crippen molar-refractivity contribution >= 4 is 16.1 Å². The van der Waals surface area contributed by atoms with Crippen LogP contribution < -0.4 is 6.15 Å². The second-order valence-corrected chi connectivity index (χ2v) is 4.79. The number of carboxylic acid groups (broad SMARTS) is 1. The summed E-state index contributed by atoms with van der Waals surface area (Å²) in [6, 6.07) is 0. The molecule has 5 N–H and O–H groups in total. The first-order valence-electron chi connectivity index (χ1n) is 4.94. The van der Waals surface area contributed by atoms with Gasteiger partial charge in [0, 0.05) is 6.92 Å². The predicted octanol–water partition coefficient (Wildman–Crippen LogP) is 2.10. The molecule has 0 aromatic carbocycles. The molecular formula is C9H23NO5S. The van der Waals surface area contributed by atoms with E-state index in [0.29, 0.717) is 6.42 Å². The van der Waals surface area contributed by atoms with Crippen LogP contribution in [0.1, 0.15) is 46.0 Å². The molecule has 0 spiro atoms. The molecule has 0 aromatic heterocycles. The van der Waals surface area contributed by atoms with E-state index in [1.165, 1.54) is 0 Å². The maximum Gasteiger partial charge on any atom is 0.300 e. The first kappa shape index (κ1) is 20.7. The molecule has 0 aliphatic rings. The van der Waals surface area contributed by atoms with Crippen molar-refractivity contribution in [3.8, 4) is 0 Å². The van der Waals surface area contributed by atoms with Crippen LogP contribution in [0.5, 0.6) is 0 Å². The Balaban J connectivity index is -0.000000292. The number of rotatable bonds is 6. The van der Waals surface area contributed by atoms with Gasteiger partial charge >= 0.3 is 0 Å². The van der Waals surface area contributed by atoms with E-state index in [1.807, 2.05) is 0 Å². The van der Waals surface area contributed by atoms with Crippen molar-refractivity contribution in [2.75, 3.05) is 5.75 Å². The summed E-state index contributed by atoms with van der Waals surface area (Å²) in [4.78, 5) is 9.00. The molecule has 0 saturated carbocycles. The zero-order chi connectivity index (χ0) is 12.3. The van der Waals surface area contributed by atoms with Gasteiger partial charge in [0.05, 0.1) is 5.75 Å². The van der Waals surface area contributed by atoms with Gasteiger partial charge in [0.2, 0.25) is 0 Å². The van der Waals surface area contributed by atoms with Crippen molar-refractivity contribution in [3.05, 3.63) is 0 Å². The SMILES string of the molecule is CC(=O)O.CCCCCCCS(=O)(=O)O.N. The van der Waals surface area contributed by atoms with Gasteiger partial charge in [-0.25, -0.2) is 0 Å². The van der Waals surface area contributed by atoms with Gasteiger partial charge in [0.1, 0.15) is 0 Å². The van der Waals surface area contributed by atoms with Gasteiger partial charge in [-0.1, -0.05) is 32.6 Å². The average Bonchev–Trinajstić information content (AvgIpc) is 2.01. The Hall–Kier alpha value is -0.660. The monoisotopic (exact) mass is 257 g/mol. The summed E-state index contributed by atoms with van der Waals surface area (Å²) in [5.74, 6) is -0.920. The smallest absolute Gasteiger partial charge is 0.300 e. The molecule has 0 heterocycles. The summed E-state index contributed by atoms with van der Waals surface area (Å²) in [5.41, 5.74) is 0. The van der Waals surface area contributed by atoms with Crippen molar-refractivity contribution in [1.82, 2.24) is 6.15 Å². The third-order valence-electron chi connectivity index (χ3n) is 1.51. The summed E-state index contributed by atoms with van der Waals surface area (Å²) >= 11 is 0. The van der Waals surface area contributed by atoms with Gasteiger partial charge in [-0.15, -0.1) is 0 Å². The summed E-state index contributed by atoms with van der Waals surface area (Å²) in [6.07, 6.45) is 4.83. The molecule has 0 saturated heterocycles. The molecule has 0 unspecified atom stereocenters. The molecule has 0 radical (unpaired) electrons. The number of aliphatic carboxylic acids is 1. The van der Waals surface area contributed by atoms with Crippen LogP contribution in [-0.4, -0.2) is 29.8 Å². The van der Waals surface area contributed by atoms with E-state index in [0.717, 1.165) is 32.6 Å². The Kier molecular flexibility index (Phi) is 16.1. The summed E-state index contributed by atoms with van der Waals surface area (Å²) < 4.78 is 28.8. The van der Waals surface area contributed by atoms with E-state index >= 15 is 0 Å². The van der Waals surface area contributed by atoms with E-state index < -0.39 is 16.1 Å². The fourth-order valence-electron chi connectivity index (χ4n) is 0.888. The van der Waals surface area contributed by atoms with Gasteiger partial charge < -0.3 is 11.3 Å². The van der Waals surface area contributed by atoms with Crippen LogP contribution >= 0.6 is 0 Å². The Bertz CT molecular complexity index is 247. The molecule has 0 atom stereocenters. The topological polar surface area (TPSA) is 127 Å². The summed E-state index contributed by atoms with van der Waals surface area (Å²) in [5, 5.41) is 7.42. The van der Waals surface area contributed by atoms with Crippen molar-refractivity contribution in [2.45, 2.75) is 46.0 Å². The van der Waals surface area contributed by atoms with Crippen molar-refractivity contribution in [3.63, 3.8) is 0 Å². The van der Waals surface area contributed by atoms with Crippen molar-refractivity contribution in [2.24, 2.45) is 0 Å². The van der Waals surface area contributed by atoms with Gasteiger partial charge in [0.15, 0.2) is 0 Å². The van der Waals surface area contributed by atoms with Crippen molar-refractivity contribution in [1.29, 1.82) is 0 Å². The molecular weight excluding hydrogens is 234 g/mol. The van der Waals surface area contributed by atoms with Crippen LogP contribution in [0.25, 0.3) is 0 Å². The van der Waals surface area contributed by atoms with E-state index in [9.17, 15) is 8.42 Å². The van der Waals surface area contributed by atoms with E-state index in [1.54, 1.807) is 0 Å². The summed E-state index contributed by atoms with van der Waals surface area (Å²) in [7, 11) is -3.71. The fourth-order valence-corrected chi connectivity index (χ4v) is 1.46. The lowest BCUT2D eigenvalue weighted by Crippen LogP contribution is -2.03. The van der Waals surface area contributed by atoms with Crippen LogP contribution in [0, 0.1) is 0 Å². The normalized spacial score (nSPS) is 9.69. The minimum Gasteiger partial charge on any atom is -0.481 e. The minimum absolute atomic E-state index is 0. The highest BCUT2D eigenvalue weighted by Gasteiger charge is 2.02. The molecule has 0 amide bonds. The number of carboxylic acids is 1. The zero-order valence-corrected chi connectivity index (χ0v) is 10.8. The first-order chi connectivity index (χ1) is 6.79. The lowest BCUT2D eigenvalue weighted by atomic mass is 10.2. The lowest BCUT2D eigenvalue weighted by molar-refractivity contribution is -0.134. The van der Waals surface area contributed by atoms with E-state index in [2.05, 4.69) is 6.92 Å². The number of hydrogen-bond donors (Lipinski definition) is 3. The molecule has 0 rings (SSSR count). The maximum absolute atomic E-state index is 10.2. The van der Waals surface area contributed by atoms with Gasteiger partial charge in [-0.3, -0.25) is 9.35 Å². The Morgan fingerprint density at radius 2 is 1.50 bits per heavy atom. The van der Waals surface area contributed by atoms with Crippen LogP contribution in [-0.2, 0) is 14.9 Å². The molecule has 0 fully saturated rings. The van der Waals surface area contributed by atoms with Crippen molar-refractivity contribution < 1.29 is 22.9 Å². The third kappa shape index (κ3) is 37.7. The quantitative estimate of drug-likeness (QED) is 0.494. The second kappa shape index (κ2) is 12.4. The van der Waals surface area contributed by atoms with Crippen LogP contribution in [0.4, 0.5) is 0 Å². The standard InChI is InChI=1S/C7H16O3S.C2H4O2.H3N/c1-2-3-4-5-6-7-11(8,9)10;1-2(3)4;/h2-7H2,1H3,(H,8,9,10);1H3,(H,3,4);1H3. The van der Waals surface area contributed by atoms with Gasteiger partial charge in [-0.2, -0.15) is 8.42 Å². The van der Waals surface area contributed by atoms with Crippen LogP contribution in [0.3, 0.4) is 0 Å². The fraction of sp³-hybridized carbons (Fsp3) is 0.889. The summed E-state index contributed by atoms with van der Waals surface area (Å²) in [6.45, 7) is 3.18. The Morgan fingerprint density at radius 3 is 1.81 bits per heavy atom. The largest absolute Gasteiger partial charge is 0.481 e. The molecule has 0 aromatic rings. The molecule has 7 heteroatoms. The van der Waals surface area contributed by atoms with E-state index in [4.69, 9.17) is 14.5 Å². The Morgan fingerprint density at radius 1 is 1.12 bits per heavy atom. The highest BCUT2D eigenvalue weighted by atomic mass is 32.2. The van der Waals surface area contributed by atoms with Gasteiger partial charge in [-0.05, 0) is 6.42 Å². The highest BCUT2D eigenvalue weighted by Crippen LogP contribution is 2.03. The molecule has 16 heavy (non-hydrogen) atoms. The van der Waals surface area contributed by atoms with E-state index in [-0.39, 0.29) is 11.9 Å². The molecule has 0 aliphatic carbocycles. The first-order valence-corrected chi connectivity index (χ1v) is 6.55. The van der Waals surface area contributed by atoms with Crippen LogP contribution in [0.2, 0.25) is 0 Å². The molecule has 6 nitrogen and oxygen atoms in total. The number of hydrogen-bond acceptors (Lipinski definition) is 4. The lowest BCUT2D eigenvalue weighted by Gasteiger charge is -1.96. The molecule has 0 bridgehead atoms. The maximum atomic E-state index is 10.2. The minimum atomic E-state index is -3.71. The Labute approximate surface area is 97.4 Å².